The van der Waals surface area contributed by atoms with Crippen LogP contribution in [0.5, 0.6) is 11.5 Å². The van der Waals surface area contributed by atoms with E-state index in [0.29, 0.717) is 34.8 Å². The van der Waals surface area contributed by atoms with Crippen molar-refractivity contribution in [2.75, 3.05) is 13.2 Å². The Bertz CT molecular complexity index is 800. The number of ether oxygens (including phenoxy) is 2. The van der Waals surface area contributed by atoms with E-state index in [-0.39, 0.29) is 24.9 Å². The number of rotatable bonds is 7. The fourth-order valence-electron chi connectivity index (χ4n) is 2.11. The number of nitrogens with zero attached hydrogens (tertiary/aromatic N) is 1. The highest BCUT2D eigenvalue weighted by Crippen LogP contribution is 2.28. The number of nitriles is 1. The van der Waals surface area contributed by atoms with Crippen molar-refractivity contribution < 1.29 is 18.7 Å². The van der Waals surface area contributed by atoms with Gasteiger partial charge >= 0.3 is 0 Å². The summed E-state index contributed by atoms with van der Waals surface area (Å²) in [6.45, 7) is 3.91. The Kier molecular flexibility index (Phi) is 6.35. The number of halogens is 1. The lowest BCUT2D eigenvalue weighted by Gasteiger charge is -2.12. The van der Waals surface area contributed by atoms with E-state index in [1.807, 2.05) is 13.0 Å². The van der Waals surface area contributed by atoms with Gasteiger partial charge in [0.25, 0.3) is 5.91 Å². The van der Waals surface area contributed by atoms with Crippen molar-refractivity contribution in [2.45, 2.75) is 20.4 Å². The van der Waals surface area contributed by atoms with E-state index < -0.39 is 0 Å². The second kappa shape index (κ2) is 8.69. The van der Waals surface area contributed by atoms with E-state index >= 15 is 0 Å². The predicted molar refractivity (Wildman–Crippen MR) is 90.8 cm³/mol. The molecule has 0 atom stereocenters. The third-order valence-electron chi connectivity index (χ3n) is 3.46. The Balaban J connectivity index is 1.91. The highest BCUT2D eigenvalue weighted by atomic mass is 19.1. The summed E-state index contributed by atoms with van der Waals surface area (Å²) in [4.78, 5) is 11.9. The topological polar surface area (TPSA) is 71.3 Å². The van der Waals surface area contributed by atoms with Gasteiger partial charge in [0.05, 0.1) is 18.2 Å². The number of hydrogen-bond donors (Lipinski definition) is 1. The van der Waals surface area contributed by atoms with Crippen LogP contribution in [0.25, 0.3) is 0 Å². The molecule has 0 radical (unpaired) electrons. The fourth-order valence-corrected chi connectivity index (χ4v) is 2.11. The maximum absolute atomic E-state index is 13.5. The minimum Gasteiger partial charge on any atom is -0.490 e. The molecule has 1 N–H and O–H groups in total. The van der Waals surface area contributed by atoms with Crippen LogP contribution < -0.4 is 14.8 Å². The van der Waals surface area contributed by atoms with E-state index in [9.17, 15) is 9.18 Å². The number of carbonyl (C=O) groups is 1. The summed E-state index contributed by atoms with van der Waals surface area (Å²) in [5.74, 6) is 0.155. The number of benzene rings is 2. The van der Waals surface area contributed by atoms with Crippen molar-refractivity contribution in [1.82, 2.24) is 5.32 Å². The molecule has 0 aliphatic heterocycles. The maximum Gasteiger partial charge on any atom is 0.258 e. The van der Waals surface area contributed by atoms with Gasteiger partial charge in [-0.3, -0.25) is 4.79 Å². The van der Waals surface area contributed by atoms with E-state index in [2.05, 4.69) is 5.32 Å². The van der Waals surface area contributed by atoms with Crippen LogP contribution in [0.15, 0.2) is 36.4 Å². The lowest BCUT2D eigenvalue weighted by atomic mass is 10.1. The summed E-state index contributed by atoms with van der Waals surface area (Å²) in [6.07, 6.45) is 0. The average molecular weight is 342 g/mol. The number of hydrogen-bond acceptors (Lipinski definition) is 4. The first kappa shape index (κ1) is 18.3. The van der Waals surface area contributed by atoms with Gasteiger partial charge in [-0.05, 0) is 43.2 Å². The van der Waals surface area contributed by atoms with Crippen LogP contribution in [0.2, 0.25) is 0 Å². The molecule has 2 aromatic rings. The van der Waals surface area contributed by atoms with Gasteiger partial charge in [-0.1, -0.05) is 12.1 Å². The molecule has 0 aliphatic carbocycles. The minimum atomic E-state index is -0.340. The van der Waals surface area contributed by atoms with Crippen LogP contribution in [0.4, 0.5) is 4.39 Å². The lowest BCUT2D eigenvalue weighted by Crippen LogP contribution is -2.28. The quantitative estimate of drug-likeness (QED) is 0.839. The van der Waals surface area contributed by atoms with Gasteiger partial charge in [-0.25, -0.2) is 4.39 Å². The molecule has 130 valence electrons. The SMILES string of the molecule is CCOc1cc(C#N)ccc1OCC(=O)NCc1ccc(C)c(F)c1. The van der Waals surface area contributed by atoms with Crippen LogP contribution in [-0.2, 0) is 11.3 Å². The first-order valence-electron chi connectivity index (χ1n) is 7.85. The van der Waals surface area contributed by atoms with Crippen molar-refractivity contribution in [2.24, 2.45) is 0 Å². The molecule has 0 aliphatic rings. The molecule has 0 saturated carbocycles. The smallest absolute Gasteiger partial charge is 0.258 e. The third-order valence-corrected chi connectivity index (χ3v) is 3.46. The summed E-state index contributed by atoms with van der Waals surface area (Å²) < 4.78 is 24.4. The Morgan fingerprint density at radius 1 is 1.20 bits per heavy atom. The van der Waals surface area contributed by atoms with Gasteiger partial charge < -0.3 is 14.8 Å². The second-order valence-electron chi connectivity index (χ2n) is 5.36. The molecule has 2 aromatic carbocycles. The largest absolute Gasteiger partial charge is 0.490 e. The standard InChI is InChI=1S/C19H19FN2O3/c1-3-24-18-9-14(10-21)6-7-17(18)25-12-19(23)22-11-15-5-4-13(2)16(20)8-15/h4-9H,3,11-12H2,1-2H3,(H,22,23). The molecule has 0 bridgehead atoms. The minimum absolute atomic E-state index is 0.208. The number of nitrogens with one attached hydrogen (secondary N) is 1. The van der Waals surface area contributed by atoms with E-state index in [1.165, 1.54) is 6.07 Å². The van der Waals surface area contributed by atoms with Gasteiger partial charge in [0.1, 0.15) is 5.82 Å². The highest BCUT2D eigenvalue weighted by Gasteiger charge is 2.09. The molecule has 0 fully saturated rings. The van der Waals surface area contributed by atoms with Crippen molar-refractivity contribution in [1.29, 1.82) is 5.26 Å². The fraction of sp³-hybridized carbons (Fsp3) is 0.263. The molecule has 0 unspecified atom stereocenters. The normalized spacial score (nSPS) is 10.0. The summed E-state index contributed by atoms with van der Waals surface area (Å²) in [5.41, 5.74) is 1.68. The molecule has 0 saturated heterocycles. The van der Waals surface area contributed by atoms with Crippen LogP contribution in [0.1, 0.15) is 23.6 Å². The molecular formula is C19H19FN2O3. The molecule has 0 heterocycles. The molecule has 5 nitrogen and oxygen atoms in total. The van der Waals surface area contributed by atoms with Crippen LogP contribution in [0, 0.1) is 24.1 Å². The van der Waals surface area contributed by atoms with Gasteiger partial charge in [0.2, 0.25) is 0 Å². The lowest BCUT2D eigenvalue weighted by molar-refractivity contribution is -0.123. The van der Waals surface area contributed by atoms with Gasteiger partial charge in [-0.15, -0.1) is 0 Å². The number of carbonyl (C=O) groups excluding carboxylic acids is 1. The van der Waals surface area contributed by atoms with Crippen LogP contribution in [0.3, 0.4) is 0 Å². The Morgan fingerprint density at radius 3 is 2.68 bits per heavy atom. The molecule has 1 amide bonds. The molecule has 6 heteroatoms. The third kappa shape index (κ3) is 5.21. The zero-order valence-corrected chi connectivity index (χ0v) is 14.1. The molecular weight excluding hydrogens is 323 g/mol. The summed E-state index contributed by atoms with van der Waals surface area (Å²) >= 11 is 0. The zero-order valence-electron chi connectivity index (χ0n) is 14.1. The van der Waals surface area contributed by atoms with Crippen molar-refractivity contribution in [3.63, 3.8) is 0 Å². The number of aryl methyl sites for hydroxylation is 1. The van der Waals surface area contributed by atoms with Crippen molar-refractivity contribution >= 4 is 5.91 Å². The first-order chi connectivity index (χ1) is 12.0. The molecule has 25 heavy (non-hydrogen) atoms. The summed E-state index contributed by atoms with van der Waals surface area (Å²) in [7, 11) is 0. The Morgan fingerprint density at radius 2 is 2.00 bits per heavy atom. The van der Waals surface area contributed by atoms with Crippen molar-refractivity contribution in [3.05, 3.63) is 58.9 Å². The molecule has 0 spiro atoms. The maximum atomic E-state index is 13.5. The van der Waals surface area contributed by atoms with Gasteiger partial charge in [0.15, 0.2) is 18.1 Å². The monoisotopic (exact) mass is 342 g/mol. The van der Waals surface area contributed by atoms with E-state index in [0.717, 1.165) is 0 Å². The number of amides is 1. The predicted octanol–water partition coefficient (Wildman–Crippen LogP) is 3.10. The first-order valence-corrected chi connectivity index (χ1v) is 7.85. The van der Waals surface area contributed by atoms with Gasteiger partial charge in [-0.2, -0.15) is 5.26 Å². The van der Waals surface area contributed by atoms with Gasteiger partial charge in [0, 0.05) is 12.6 Å². The highest BCUT2D eigenvalue weighted by molar-refractivity contribution is 5.77. The summed E-state index contributed by atoms with van der Waals surface area (Å²) in [5, 5.41) is 11.6. The van der Waals surface area contributed by atoms with E-state index in [4.69, 9.17) is 14.7 Å². The van der Waals surface area contributed by atoms with Crippen LogP contribution >= 0.6 is 0 Å². The Hall–Kier alpha value is -3.07. The average Bonchev–Trinajstić information content (AvgIpc) is 2.61. The van der Waals surface area contributed by atoms with Crippen molar-refractivity contribution in [3.8, 4) is 17.6 Å². The Labute approximate surface area is 146 Å². The second-order valence-corrected chi connectivity index (χ2v) is 5.36. The molecule has 0 aromatic heterocycles. The summed E-state index contributed by atoms with van der Waals surface area (Å²) in [6, 6.07) is 11.6. The molecule has 2 rings (SSSR count). The zero-order chi connectivity index (χ0) is 18.2. The van der Waals surface area contributed by atoms with Crippen LogP contribution in [-0.4, -0.2) is 19.1 Å². The van der Waals surface area contributed by atoms with E-state index in [1.54, 1.807) is 37.3 Å².